The lowest BCUT2D eigenvalue weighted by Gasteiger charge is -2.21. The highest BCUT2D eigenvalue weighted by Gasteiger charge is 2.15. The highest BCUT2D eigenvalue weighted by molar-refractivity contribution is 4.94. The van der Waals surface area contributed by atoms with Crippen LogP contribution in [0.15, 0.2) is 12.2 Å². The summed E-state index contributed by atoms with van der Waals surface area (Å²) in [6.07, 6.45) is 8.58. The molecule has 0 aromatic carbocycles. The van der Waals surface area contributed by atoms with Crippen molar-refractivity contribution in [3.05, 3.63) is 12.2 Å². The molecule has 0 aliphatic rings. The molecule has 0 rings (SSSR count). The molecule has 0 radical (unpaired) electrons. The zero-order chi connectivity index (χ0) is 34.3. The minimum absolute atomic E-state index is 0.0347. The van der Waals surface area contributed by atoms with E-state index in [4.69, 9.17) is 47.4 Å². The molecular weight excluding hydrogens is 592 g/mol. The van der Waals surface area contributed by atoms with E-state index in [1.54, 1.807) is 0 Å². The fourth-order valence-corrected chi connectivity index (χ4v) is 4.60. The van der Waals surface area contributed by atoms with Gasteiger partial charge in [0, 0.05) is 11.8 Å². The molecular formula is C36H72O10. The van der Waals surface area contributed by atoms with Gasteiger partial charge in [0.15, 0.2) is 0 Å². The number of rotatable bonds is 36. The van der Waals surface area contributed by atoms with Gasteiger partial charge in [0.25, 0.3) is 0 Å². The summed E-state index contributed by atoms with van der Waals surface area (Å²) in [4.78, 5) is 0. The Morgan fingerprint density at radius 1 is 0.370 bits per heavy atom. The second kappa shape index (κ2) is 32.9. The molecule has 0 aromatic rings. The molecule has 0 aliphatic heterocycles. The molecule has 0 bridgehead atoms. The summed E-state index contributed by atoms with van der Waals surface area (Å²) in [5, 5.41) is 0. The van der Waals surface area contributed by atoms with Crippen LogP contribution in [0.2, 0.25) is 0 Å². The van der Waals surface area contributed by atoms with Crippen LogP contribution < -0.4 is 0 Å². The van der Waals surface area contributed by atoms with Crippen LogP contribution in [0.1, 0.15) is 107 Å². The molecule has 0 heterocycles. The van der Waals surface area contributed by atoms with Crippen LogP contribution in [0.4, 0.5) is 0 Å². The Balaban J connectivity index is 4.66. The quantitative estimate of drug-likeness (QED) is 0.0380. The predicted octanol–water partition coefficient (Wildman–Crippen LogP) is 7.53. The fourth-order valence-electron chi connectivity index (χ4n) is 4.60. The van der Waals surface area contributed by atoms with E-state index in [0.717, 1.165) is 56.9 Å². The first kappa shape index (κ1) is 45.3. The molecule has 10 heteroatoms. The molecule has 276 valence electrons. The van der Waals surface area contributed by atoms with Crippen LogP contribution in [-0.4, -0.2) is 104 Å². The van der Waals surface area contributed by atoms with Crippen molar-refractivity contribution in [2.45, 2.75) is 131 Å². The first-order chi connectivity index (χ1) is 22.4. The zero-order valence-corrected chi connectivity index (χ0v) is 30.9. The van der Waals surface area contributed by atoms with Crippen LogP contribution in [0.3, 0.4) is 0 Å². The van der Waals surface area contributed by atoms with Gasteiger partial charge < -0.3 is 47.4 Å². The molecule has 0 atom stereocenters. The number of ether oxygens (including phenoxy) is 10. The highest BCUT2D eigenvalue weighted by Crippen LogP contribution is 2.10. The van der Waals surface area contributed by atoms with E-state index < -0.39 is 0 Å². The van der Waals surface area contributed by atoms with Crippen molar-refractivity contribution in [3.8, 4) is 0 Å². The largest absolute Gasteiger partial charge is 0.377 e. The second-order valence-electron chi connectivity index (χ2n) is 11.9. The van der Waals surface area contributed by atoms with Gasteiger partial charge in [-0.05, 0) is 56.9 Å². The van der Waals surface area contributed by atoms with E-state index in [-0.39, 0.29) is 63.4 Å². The van der Waals surface area contributed by atoms with Crippen molar-refractivity contribution < 1.29 is 47.4 Å². The minimum Gasteiger partial charge on any atom is -0.377 e. The van der Waals surface area contributed by atoms with E-state index >= 15 is 0 Å². The molecule has 0 aromatic heterocycles. The summed E-state index contributed by atoms with van der Waals surface area (Å²) in [6.45, 7) is 25.7. The van der Waals surface area contributed by atoms with E-state index in [2.05, 4.69) is 62.0 Å². The van der Waals surface area contributed by atoms with Crippen molar-refractivity contribution in [2.75, 3.05) is 80.0 Å². The average Bonchev–Trinajstić information content (AvgIpc) is 3.07. The van der Waals surface area contributed by atoms with Gasteiger partial charge in [0.05, 0.1) is 77.3 Å². The van der Waals surface area contributed by atoms with Crippen molar-refractivity contribution in [3.63, 3.8) is 0 Å². The third kappa shape index (κ3) is 25.4. The van der Waals surface area contributed by atoms with Gasteiger partial charge in [-0.15, -0.1) is 0 Å². The summed E-state index contributed by atoms with van der Waals surface area (Å²) in [7, 11) is 0. The maximum Gasteiger partial charge on any atom is 0.147 e. The van der Waals surface area contributed by atoms with Crippen molar-refractivity contribution in [1.82, 2.24) is 0 Å². The Morgan fingerprint density at radius 3 is 0.804 bits per heavy atom. The lowest BCUT2D eigenvalue weighted by molar-refractivity contribution is -0.130. The molecule has 0 amide bonds. The maximum atomic E-state index is 6.00. The Morgan fingerprint density at radius 2 is 0.587 bits per heavy atom. The van der Waals surface area contributed by atoms with Crippen LogP contribution in [0.5, 0.6) is 0 Å². The normalized spacial score (nSPS) is 12.3. The fraction of sp³-hybridized carbons (Fsp3) is 0.944. The topological polar surface area (TPSA) is 92.3 Å². The summed E-state index contributed by atoms with van der Waals surface area (Å²) >= 11 is 0. The Labute approximate surface area is 282 Å². The third-order valence-corrected chi connectivity index (χ3v) is 7.92. The van der Waals surface area contributed by atoms with E-state index in [0.29, 0.717) is 52.9 Å². The van der Waals surface area contributed by atoms with Gasteiger partial charge in [-0.25, -0.2) is 0 Å². The van der Waals surface area contributed by atoms with Crippen LogP contribution in [0, 0.1) is 11.8 Å². The Kier molecular flexibility index (Phi) is 32.4. The molecule has 0 unspecified atom stereocenters. The lowest BCUT2D eigenvalue weighted by Crippen LogP contribution is -2.26. The molecule has 0 aliphatic carbocycles. The van der Waals surface area contributed by atoms with Gasteiger partial charge in [-0.3, -0.25) is 0 Å². The number of hydrogen-bond donors (Lipinski definition) is 0. The second-order valence-corrected chi connectivity index (χ2v) is 11.9. The van der Waals surface area contributed by atoms with Crippen molar-refractivity contribution >= 4 is 0 Å². The van der Waals surface area contributed by atoms with Gasteiger partial charge in [0.2, 0.25) is 0 Å². The maximum absolute atomic E-state index is 6.00. The van der Waals surface area contributed by atoms with Gasteiger partial charge in [-0.1, -0.05) is 62.0 Å². The Hall–Kier alpha value is -0.660. The first-order valence-electron chi connectivity index (χ1n) is 18.0. The van der Waals surface area contributed by atoms with Crippen molar-refractivity contribution in [1.29, 1.82) is 0 Å². The molecule has 0 fully saturated rings. The van der Waals surface area contributed by atoms with E-state index in [9.17, 15) is 0 Å². The van der Waals surface area contributed by atoms with Gasteiger partial charge in [-0.2, -0.15) is 0 Å². The number of hydrogen-bond acceptors (Lipinski definition) is 10. The zero-order valence-electron chi connectivity index (χ0n) is 30.9. The average molecular weight is 665 g/mol. The SMILES string of the molecule is C=C(COCC(COCOC(CC)CC)COCOC(CC)CC)COCC(COCOC(CC)CC)COCOC(CC)CC. The molecule has 0 saturated carbocycles. The van der Waals surface area contributed by atoms with Crippen LogP contribution in [-0.2, 0) is 47.4 Å². The molecule has 0 saturated heterocycles. The summed E-state index contributed by atoms with van der Waals surface area (Å²) in [6, 6.07) is 0. The summed E-state index contributed by atoms with van der Waals surface area (Å²) in [5.74, 6) is 0.0694. The van der Waals surface area contributed by atoms with Gasteiger partial charge in [0.1, 0.15) is 27.2 Å². The van der Waals surface area contributed by atoms with Crippen LogP contribution >= 0.6 is 0 Å². The minimum atomic E-state index is 0.0347. The molecule has 0 N–H and O–H groups in total. The molecule has 0 spiro atoms. The third-order valence-electron chi connectivity index (χ3n) is 7.92. The summed E-state index contributed by atoms with van der Waals surface area (Å²) < 4.78 is 58.5. The van der Waals surface area contributed by atoms with Crippen LogP contribution in [0.25, 0.3) is 0 Å². The van der Waals surface area contributed by atoms with Crippen molar-refractivity contribution in [2.24, 2.45) is 11.8 Å². The van der Waals surface area contributed by atoms with E-state index in [1.165, 1.54) is 0 Å². The predicted molar refractivity (Wildman–Crippen MR) is 183 cm³/mol. The smallest absolute Gasteiger partial charge is 0.147 e. The monoisotopic (exact) mass is 665 g/mol. The standard InChI is InChI=1S/C36H72O10/c1-10-33(11-2)43-26-39-22-31(23-40-27-44-34(12-3)13-4)20-37-18-30(9)19-38-21-32(24-41-28-45-35(14-5)15-6)25-42-29-46-36(16-7)17-8/h31-36H,9-29H2,1-8H3. The molecule has 46 heavy (non-hydrogen) atoms. The first-order valence-corrected chi connectivity index (χ1v) is 18.0. The Bertz CT molecular complexity index is 544. The van der Waals surface area contributed by atoms with E-state index in [1.807, 2.05) is 0 Å². The lowest BCUT2D eigenvalue weighted by atomic mass is 10.2. The van der Waals surface area contributed by atoms with Gasteiger partial charge >= 0.3 is 0 Å². The molecule has 10 nitrogen and oxygen atoms in total. The highest BCUT2D eigenvalue weighted by atomic mass is 16.7. The summed E-state index contributed by atoms with van der Waals surface area (Å²) in [5.41, 5.74) is 0.851.